The lowest BCUT2D eigenvalue weighted by Gasteiger charge is -2.40. The van der Waals surface area contributed by atoms with Crippen molar-refractivity contribution in [2.45, 2.75) is 36.9 Å². The van der Waals surface area contributed by atoms with Crippen LogP contribution in [0.4, 0.5) is 0 Å². The molecule has 9 nitrogen and oxygen atoms in total. The molecule has 0 unspecified atom stereocenters. The number of aromatic nitrogens is 4. The van der Waals surface area contributed by atoms with Crippen molar-refractivity contribution >= 4 is 22.9 Å². The fourth-order valence-electron chi connectivity index (χ4n) is 3.33. The first kappa shape index (κ1) is 20.4. The fourth-order valence-corrected chi connectivity index (χ4v) is 4.48. The van der Waals surface area contributed by atoms with Crippen LogP contribution in [0.5, 0.6) is 0 Å². The summed E-state index contributed by atoms with van der Waals surface area (Å²) >= 11 is 7.88. The minimum absolute atomic E-state index is 0.476. The van der Waals surface area contributed by atoms with Crippen LogP contribution in [0.2, 0.25) is 5.02 Å². The monoisotopic (exact) mass is 438 g/mol. The Bertz CT molecular complexity index is 967. The molecule has 5 atom stereocenters. The fraction of sp³-hybridized carbons (Fsp3) is 0.389. The molecule has 0 radical (unpaired) electrons. The Hall–Kier alpha value is -1.92. The number of nitrogens with zero attached hydrogens (tertiary/aromatic N) is 3. The summed E-state index contributed by atoms with van der Waals surface area (Å²) in [6.45, 7) is -0.476. The number of ether oxygens (including phenoxy) is 1. The summed E-state index contributed by atoms with van der Waals surface area (Å²) in [5.41, 5.74) is 1.40. The van der Waals surface area contributed by atoms with Gasteiger partial charge in [0, 0.05) is 16.3 Å². The van der Waals surface area contributed by atoms with Crippen LogP contribution in [0.25, 0.3) is 10.7 Å². The van der Waals surface area contributed by atoms with E-state index in [1.54, 1.807) is 18.2 Å². The number of aliphatic hydroxyl groups is 4. The third-order valence-electron chi connectivity index (χ3n) is 4.88. The van der Waals surface area contributed by atoms with Gasteiger partial charge in [0.2, 0.25) is 5.82 Å². The highest BCUT2D eigenvalue weighted by atomic mass is 35.5. The second kappa shape index (κ2) is 8.44. The van der Waals surface area contributed by atoms with Crippen LogP contribution in [0.15, 0.2) is 30.3 Å². The van der Waals surface area contributed by atoms with E-state index in [1.165, 1.54) is 11.3 Å². The Morgan fingerprint density at radius 2 is 1.93 bits per heavy atom. The zero-order valence-electron chi connectivity index (χ0n) is 15.0. The van der Waals surface area contributed by atoms with E-state index in [0.29, 0.717) is 22.8 Å². The number of benzene rings is 1. The van der Waals surface area contributed by atoms with Crippen LogP contribution in [-0.4, -0.2) is 72.1 Å². The smallest absolute Gasteiger partial charge is 0.214 e. The highest BCUT2D eigenvalue weighted by Gasteiger charge is 2.44. The molecule has 154 valence electrons. The molecule has 0 saturated carbocycles. The van der Waals surface area contributed by atoms with Gasteiger partial charge in [0.05, 0.1) is 11.5 Å². The zero-order valence-corrected chi connectivity index (χ0v) is 16.6. The lowest BCUT2D eigenvalue weighted by molar-refractivity contribution is -0.231. The first-order valence-corrected chi connectivity index (χ1v) is 10.1. The van der Waals surface area contributed by atoms with E-state index in [2.05, 4.69) is 20.6 Å². The minimum Gasteiger partial charge on any atom is -0.394 e. The van der Waals surface area contributed by atoms with Crippen LogP contribution in [0, 0.1) is 0 Å². The molecule has 0 spiro atoms. The number of H-pyrrole nitrogens is 1. The summed E-state index contributed by atoms with van der Waals surface area (Å²) in [4.78, 5) is 1.90. The van der Waals surface area contributed by atoms with Crippen molar-refractivity contribution in [1.29, 1.82) is 0 Å². The molecule has 11 heteroatoms. The highest BCUT2D eigenvalue weighted by Crippen LogP contribution is 2.35. The van der Waals surface area contributed by atoms with Gasteiger partial charge >= 0.3 is 0 Å². The topological polar surface area (TPSA) is 145 Å². The second-order valence-corrected chi connectivity index (χ2v) is 8.35. The Morgan fingerprint density at radius 3 is 2.66 bits per heavy atom. The van der Waals surface area contributed by atoms with Gasteiger partial charge in [-0.05, 0) is 34.5 Å². The summed E-state index contributed by atoms with van der Waals surface area (Å²) in [5, 5.41) is 54.2. The average molecular weight is 439 g/mol. The molecule has 0 aliphatic carbocycles. The highest BCUT2D eigenvalue weighted by molar-refractivity contribution is 7.15. The maximum atomic E-state index is 10.4. The number of nitrogens with one attached hydrogen (secondary N) is 1. The van der Waals surface area contributed by atoms with Crippen molar-refractivity contribution in [3.63, 3.8) is 0 Å². The molecule has 5 N–H and O–H groups in total. The van der Waals surface area contributed by atoms with Crippen molar-refractivity contribution in [3.8, 4) is 10.7 Å². The summed E-state index contributed by atoms with van der Waals surface area (Å²) < 4.78 is 5.64. The van der Waals surface area contributed by atoms with Gasteiger partial charge in [-0.2, -0.15) is 5.21 Å². The first-order chi connectivity index (χ1) is 14.0. The Morgan fingerprint density at radius 1 is 1.10 bits per heavy atom. The quantitative estimate of drug-likeness (QED) is 0.391. The van der Waals surface area contributed by atoms with Gasteiger partial charge in [-0.1, -0.05) is 23.7 Å². The number of hydrogen-bond donors (Lipinski definition) is 5. The standard InChI is InChI=1S/C18H19ClN4O5S/c19-11-3-1-8(17-16(27)15(26)14(25)12(7-24)28-17)5-9(11)6-10-2-4-13(29-10)18-20-22-23-21-18/h1-5,12,14-17,24-27H,6-7H2,(H,20,21,22,23)/t12-,14-,15+,16-,17+/m1/s1. The maximum absolute atomic E-state index is 10.4. The van der Waals surface area contributed by atoms with Crippen molar-refractivity contribution in [1.82, 2.24) is 20.6 Å². The van der Waals surface area contributed by atoms with E-state index in [9.17, 15) is 20.4 Å². The van der Waals surface area contributed by atoms with E-state index in [4.69, 9.17) is 16.3 Å². The van der Waals surface area contributed by atoms with Crippen molar-refractivity contribution in [3.05, 3.63) is 51.4 Å². The van der Waals surface area contributed by atoms with E-state index in [1.807, 2.05) is 12.1 Å². The number of aromatic amines is 1. The van der Waals surface area contributed by atoms with Crippen LogP contribution < -0.4 is 0 Å². The summed E-state index contributed by atoms with van der Waals surface area (Å²) in [6, 6.07) is 9.04. The van der Waals surface area contributed by atoms with Gasteiger partial charge in [0.25, 0.3) is 0 Å². The lowest BCUT2D eigenvalue weighted by atomic mass is 9.90. The molecule has 0 amide bonds. The van der Waals surface area contributed by atoms with Crippen molar-refractivity contribution < 1.29 is 25.2 Å². The number of thiophene rings is 1. The SMILES string of the molecule is OC[C@H]1O[C@@H](c2ccc(Cl)c(Cc3ccc(-c4nn[nH]n4)s3)c2)[C@H](O)[C@@H](O)[C@@H]1O. The van der Waals surface area contributed by atoms with Crippen molar-refractivity contribution in [2.75, 3.05) is 6.61 Å². The van der Waals surface area contributed by atoms with E-state index < -0.39 is 37.1 Å². The Labute approximate surface area is 174 Å². The number of tetrazole rings is 1. The molecule has 29 heavy (non-hydrogen) atoms. The number of halogens is 1. The van der Waals surface area contributed by atoms with Gasteiger partial charge in [0.15, 0.2) is 0 Å². The molecule has 0 bridgehead atoms. The van der Waals surface area contributed by atoms with Gasteiger partial charge in [-0.3, -0.25) is 0 Å². The molecule has 2 aromatic heterocycles. The zero-order chi connectivity index (χ0) is 20.5. The largest absolute Gasteiger partial charge is 0.394 e. The molecular weight excluding hydrogens is 420 g/mol. The number of aliphatic hydroxyl groups excluding tert-OH is 4. The number of hydrogen-bond acceptors (Lipinski definition) is 9. The van der Waals surface area contributed by atoms with Gasteiger partial charge in [-0.15, -0.1) is 21.5 Å². The molecule has 1 saturated heterocycles. The van der Waals surface area contributed by atoms with E-state index >= 15 is 0 Å². The summed E-state index contributed by atoms with van der Waals surface area (Å²) in [7, 11) is 0. The molecule has 1 aliphatic heterocycles. The second-order valence-electron chi connectivity index (χ2n) is 6.78. The van der Waals surface area contributed by atoms with Gasteiger partial charge in [-0.25, -0.2) is 0 Å². The minimum atomic E-state index is -1.43. The number of rotatable bonds is 5. The van der Waals surface area contributed by atoms with Crippen LogP contribution >= 0.6 is 22.9 Å². The molecule has 1 fully saturated rings. The predicted octanol–water partition coefficient (Wildman–Crippen LogP) is 0.687. The lowest BCUT2D eigenvalue weighted by Crippen LogP contribution is -2.55. The summed E-state index contributed by atoms with van der Waals surface area (Å²) in [6.07, 6.45) is -5.50. The molecule has 1 aromatic carbocycles. The first-order valence-electron chi connectivity index (χ1n) is 8.89. The van der Waals surface area contributed by atoms with Crippen molar-refractivity contribution in [2.24, 2.45) is 0 Å². The Kier molecular flexibility index (Phi) is 5.93. The average Bonchev–Trinajstić information content (AvgIpc) is 3.40. The van der Waals surface area contributed by atoms with E-state index in [-0.39, 0.29) is 0 Å². The van der Waals surface area contributed by atoms with Crippen LogP contribution in [0.3, 0.4) is 0 Å². The molecular formula is C18H19ClN4O5S. The third-order valence-corrected chi connectivity index (χ3v) is 6.33. The van der Waals surface area contributed by atoms with Crippen LogP contribution in [0.1, 0.15) is 22.1 Å². The van der Waals surface area contributed by atoms with Crippen LogP contribution in [-0.2, 0) is 11.2 Å². The maximum Gasteiger partial charge on any atom is 0.214 e. The normalized spacial score (nSPS) is 27.3. The molecule has 1 aliphatic rings. The molecule has 4 rings (SSSR count). The molecule has 3 aromatic rings. The predicted molar refractivity (Wildman–Crippen MR) is 104 cm³/mol. The molecule has 3 heterocycles. The van der Waals surface area contributed by atoms with E-state index in [0.717, 1.165) is 15.3 Å². The Balaban J connectivity index is 1.58. The third kappa shape index (κ3) is 4.05. The van der Waals surface area contributed by atoms with Gasteiger partial charge < -0.3 is 25.2 Å². The summed E-state index contributed by atoms with van der Waals surface area (Å²) in [5.74, 6) is 0.516. The van der Waals surface area contributed by atoms with Gasteiger partial charge in [0.1, 0.15) is 30.5 Å².